The molecule has 1 aliphatic heterocycles. The number of benzene rings is 1. The van der Waals surface area contributed by atoms with Gasteiger partial charge < -0.3 is 19.7 Å². The number of halogens is 3. The summed E-state index contributed by atoms with van der Waals surface area (Å²) in [6, 6.07) is 5.78. The van der Waals surface area contributed by atoms with Crippen LogP contribution in [0.2, 0.25) is 0 Å². The molecule has 0 saturated carbocycles. The minimum Gasteiger partial charge on any atom is -0.493 e. The van der Waals surface area contributed by atoms with E-state index in [0.29, 0.717) is 24.0 Å². The standard InChI is InChI=1S/C16H23F3N2O2/c1-22-14-4-3-13(9-15(14)23-2)21-8-6-12(10-21)5-7-20-11-16(17,18)19/h3-4,9,12,20H,5-8,10-11H2,1-2H3. The minimum absolute atomic E-state index is 0.393. The number of alkyl halides is 3. The van der Waals surface area contributed by atoms with Crippen molar-refractivity contribution in [1.82, 2.24) is 5.32 Å². The molecular formula is C16H23F3N2O2. The molecule has 1 fully saturated rings. The molecule has 1 atom stereocenters. The van der Waals surface area contributed by atoms with E-state index in [0.717, 1.165) is 31.6 Å². The van der Waals surface area contributed by atoms with E-state index in [1.807, 2.05) is 18.2 Å². The molecule has 130 valence electrons. The number of ether oxygens (including phenoxy) is 2. The van der Waals surface area contributed by atoms with E-state index < -0.39 is 12.7 Å². The van der Waals surface area contributed by atoms with Gasteiger partial charge in [-0.1, -0.05) is 0 Å². The third kappa shape index (κ3) is 5.20. The summed E-state index contributed by atoms with van der Waals surface area (Å²) in [4.78, 5) is 2.23. The smallest absolute Gasteiger partial charge is 0.401 e. The fourth-order valence-corrected chi connectivity index (χ4v) is 2.86. The number of hydrogen-bond donors (Lipinski definition) is 1. The van der Waals surface area contributed by atoms with Gasteiger partial charge in [0.25, 0.3) is 0 Å². The molecule has 1 aromatic carbocycles. The Labute approximate surface area is 134 Å². The number of nitrogens with zero attached hydrogens (tertiary/aromatic N) is 1. The summed E-state index contributed by atoms with van der Waals surface area (Å²) >= 11 is 0. The third-order valence-electron chi connectivity index (χ3n) is 4.07. The predicted molar refractivity (Wildman–Crippen MR) is 83.4 cm³/mol. The van der Waals surface area contributed by atoms with Gasteiger partial charge in [0, 0.05) is 24.8 Å². The van der Waals surface area contributed by atoms with Gasteiger partial charge in [-0.3, -0.25) is 0 Å². The van der Waals surface area contributed by atoms with E-state index in [2.05, 4.69) is 10.2 Å². The Hall–Kier alpha value is -1.63. The summed E-state index contributed by atoms with van der Waals surface area (Å²) in [6.07, 6.45) is -2.40. The zero-order chi connectivity index (χ0) is 16.9. The van der Waals surface area contributed by atoms with Gasteiger partial charge in [-0.15, -0.1) is 0 Å². The fourth-order valence-electron chi connectivity index (χ4n) is 2.86. The normalized spacial score (nSPS) is 18.3. The Bertz CT molecular complexity index is 509. The lowest BCUT2D eigenvalue weighted by Crippen LogP contribution is -2.30. The number of hydrogen-bond acceptors (Lipinski definition) is 4. The van der Waals surface area contributed by atoms with Crippen molar-refractivity contribution >= 4 is 5.69 Å². The third-order valence-corrected chi connectivity index (χ3v) is 4.07. The molecule has 1 saturated heterocycles. The number of rotatable bonds is 7. The van der Waals surface area contributed by atoms with Crippen molar-refractivity contribution in [3.63, 3.8) is 0 Å². The second-order valence-corrected chi connectivity index (χ2v) is 5.72. The van der Waals surface area contributed by atoms with Crippen LogP contribution in [0.25, 0.3) is 0 Å². The van der Waals surface area contributed by atoms with Crippen LogP contribution in [0, 0.1) is 5.92 Å². The van der Waals surface area contributed by atoms with Gasteiger partial charge in [0.1, 0.15) is 0 Å². The van der Waals surface area contributed by atoms with Crippen molar-refractivity contribution in [2.24, 2.45) is 5.92 Å². The van der Waals surface area contributed by atoms with Gasteiger partial charge in [0.05, 0.1) is 20.8 Å². The highest BCUT2D eigenvalue weighted by Gasteiger charge is 2.27. The van der Waals surface area contributed by atoms with Crippen molar-refractivity contribution in [2.75, 3.05) is 45.3 Å². The average Bonchev–Trinajstić information content (AvgIpc) is 2.99. The molecule has 23 heavy (non-hydrogen) atoms. The second kappa shape index (κ2) is 7.77. The first-order chi connectivity index (χ1) is 10.9. The van der Waals surface area contributed by atoms with Crippen molar-refractivity contribution in [3.05, 3.63) is 18.2 Å². The molecule has 0 radical (unpaired) electrons. The summed E-state index contributed by atoms with van der Waals surface area (Å²) in [5, 5.41) is 2.46. The highest BCUT2D eigenvalue weighted by molar-refractivity contribution is 5.56. The zero-order valence-corrected chi connectivity index (χ0v) is 13.4. The van der Waals surface area contributed by atoms with Gasteiger partial charge in [0.15, 0.2) is 11.5 Å². The zero-order valence-electron chi connectivity index (χ0n) is 13.4. The van der Waals surface area contributed by atoms with Gasteiger partial charge in [-0.2, -0.15) is 13.2 Å². The van der Waals surface area contributed by atoms with E-state index >= 15 is 0 Å². The monoisotopic (exact) mass is 332 g/mol. The summed E-state index contributed by atoms with van der Waals surface area (Å²) in [5.41, 5.74) is 1.05. The van der Waals surface area contributed by atoms with Crippen LogP contribution in [0.15, 0.2) is 18.2 Å². The Morgan fingerprint density at radius 3 is 2.61 bits per heavy atom. The van der Waals surface area contributed by atoms with Crippen molar-refractivity contribution in [1.29, 1.82) is 0 Å². The molecule has 0 amide bonds. The van der Waals surface area contributed by atoms with Crippen LogP contribution in [-0.2, 0) is 0 Å². The summed E-state index contributed by atoms with van der Waals surface area (Å²) in [7, 11) is 3.19. The van der Waals surface area contributed by atoms with Crippen LogP contribution in [0.1, 0.15) is 12.8 Å². The molecule has 0 bridgehead atoms. The Balaban J connectivity index is 1.83. The lowest BCUT2D eigenvalue weighted by Gasteiger charge is -2.20. The first kappa shape index (κ1) is 17.7. The van der Waals surface area contributed by atoms with Gasteiger partial charge >= 0.3 is 6.18 Å². The molecule has 4 nitrogen and oxygen atoms in total. The van der Waals surface area contributed by atoms with Crippen molar-refractivity contribution in [3.8, 4) is 11.5 Å². The number of nitrogens with one attached hydrogen (secondary N) is 1. The first-order valence-corrected chi connectivity index (χ1v) is 7.67. The van der Waals surface area contributed by atoms with Crippen LogP contribution in [0.4, 0.5) is 18.9 Å². The van der Waals surface area contributed by atoms with E-state index in [9.17, 15) is 13.2 Å². The van der Waals surface area contributed by atoms with Crippen LogP contribution >= 0.6 is 0 Å². The molecule has 2 rings (SSSR count). The number of methoxy groups -OCH3 is 2. The molecular weight excluding hydrogens is 309 g/mol. The molecule has 0 aromatic heterocycles. The second-order valence-electron chi connectivity index (χ2n) is 5.72. The highest BCUT2D eigenvalue weighted by atomic mass is 19.4. The fraction of sp³-hybridized carbons (Fsp3) is 0.625. The summed E-state index contributed by atoms with van der Waals surface area (Å²) in [6.45, 7) is 1.23. The Morgan fingerprint density at radius 1 is 1.22 bits per heavy atom. The SMILES string of the molecule is COc1ccc(N2CCC(CCNCC(F)(F)F)C2)cc1OC. The molecule has 7 heteroatoms. The first-order valence-electron chi connectivity index (χ1n) is 7.67. The van der Waals surface area contributed by atoms with Gasteiger partial charge in [0.2, 0.25) is 0 Å². The maximum Gasteiger partial charge on any atom is 0.401 e. The molecule has 1 unspecified atom stereocenters. The van der Waals surface area contributed by atoms with Gasteiger partial charge in [-0.25, -0.2) is 0 Å². The highest BCUT2D eigenvalue weighted by Crippen LogP contribution is 2.34. The van der Waals surface area contributed by atoms with E-state index in [1.165, 1.54) is 0 Å². The van der Waals surface area contributed by atoms with Gasteiger partial charge in [-0.05, 0) is 37.4 Å². The maximum atomic E-state index is 12.1. The molecule has 0 aliphatic carbocycles. The Kier molecular flexibility index (Phi) is 5.98. The van der Waals surface area contributed by atoms with Crippen molar-refractivity contribution < 1.29 is 22.6 Å². The Morgan fingerprint density at radius 2 is 1.96 bits per heavy atom. The van der Waals surface area contributed by atoms with E-state index in [1.54, 1.807) is 14.2 Å². The lowest BCUT2D eigenvalue weighted by atomic mass is 10.1. The largest absolute Gasteiger partial charge is 0.493 e. The van der Waals surface area contributed by atoms with E-state index in [-0.39, 0.29) is 0 Å². The predicted octanol–water partition coefficient (Wildman–Crippen LogP) is 3.07. The molecule has 0 spiro atoms. The summed E-state index contributed by atoms with van der Waals surface area (Å²) < 4.78 is 46.8. The molecule has 1 N–H and O–H groups in total. The summed E-state index contributed by atoms with van der Waals surface area (Å²) in [5.74, 6) is 1.77. The minimum atomic E-state index is -4.14. The quantitative estimate of drug-likeness (QED) is 0.778. The van der Waals surface area contributed by atoms with Crippen LogP contribution in [0.3, 0.4) is 0 Å². The average molecular weight is 332 g/mol. The number of anilines is 1. The van der Waals surface area contributed by atoms with Crippen LogP contribution < -0.4 is 19.7 Å². The lowest BCUT2D eigenvalue weighted by molar-refractivity contribution is -0.124. The molecule has 1 aliphatic rings. The van der Waals surface area contributed by atoms with Crippen molar-refractivity contribution in [2.45, 2.75) is 19.0 Å². The van der Waals surface area contributed by atoms with Crippen LogP contribution in [-0.4, -0.2) is 46.6 Å². The molecule has 1 aromatic rings. The molecule has 1 heterocycles. The van der Waals surface area contributed by atoms with E-state index in [4.69, 9.17) is 9.47 Å². The van der Waals surface area contributed by atoms with Crippen LogP contribution in [0.5, 0.6) is 11.5 Å². The topological polar surface area (TPSA) is 33.7 Å². The maximum absolute atomic E-state index is 12.1.